The van der Waals surface area contributed by atoms with Crippen molar-refractivity contribution >= 4 is 23.0 Å². The number of aliphatic hydroxyl groups is 1. The zero-order valence-corrected chi connectivity index (χ0v) is 15.3. The topological polar surface area (TPSA) is 65.0 Å². The summed E-state index contributed by atoms with van der Waals surface area (Å²) in [4.78, 5) is 1.87. The Morgan fingerprint density at radius 2 is 1.96 bits per heavy atom. The number of phenolic OH excluding ortho intramolecular Hbond substituents is 1. The van der Waals surface area contributed by atoms with Crippen LogP contribution in [0.25, 0.3) is 0 Å². The molecule has 2 aromatic carbocycles. The lowest BCUT2D eigenvalue weighted by Gasteiger charge is -2.27. The lowest BCUT2D eigenvalue weighted by Crippen LogP contribution is -2.37. The minimum atomic E-state index is -0.756. The highest BCUT2D eigenvalue weighted by Gasteiger charge is 2.16. The quantitative estimate of drug-likeness (QED) is 0.657. The number of aliphatic hydroxyl groups excluding tert-OH is 1. The molecule has 5 nitrogen and oxygen atoms in total. The summed E-state index contributed by atoms with van der Waals surface area (Å²) >= 11 is 5.49. The number of thiocarbonyl (C=S) groups is 1. The van der Waals surface area contributed by atoms with Crippen molar-refractivity contribution in [3.05, 3.63) is 54.1 Å². The van der Waals surface area contributed by atoms with Gasteiger partial charge in [0.2, 0.25) is 0 Å². The summed E-state index contributed by atoms with van der Waals surface area (Å²) in [6.07, 6.45) is -0.756. The fourth-order valence-electron chi connectivity index (χ4n) is 2.45. The molecule has 0 aliphatic rings. The lowest BCUT2D eigenvalue weighted by atomic mass is 10.1. The summed E-state index contributed by atoms with van der Waals surface area (Å²) in [5.74, 6) is 0.864. The molecule has 6 heteroatoms. The number of hydrogen-bond acceptors (Lipinski definition) is 4. The van der Waals surface area contributed by atoms with Gasteiger partial charge in [0.05, 0.1) is 24.9 Å². The molecular weight excluding hydrogens is 336 g/mol. The van der Waals surface area contributed by atoms with E-state index in [9.17, 15) is 10.2 Å². The molecule has 134 valence electrons. The molecule has 0 aliphatic carbocycles. The molecule has 0 amide bonds. The number of benzene rings is 2. The molecule has 0 fully saturated rings. The predicted octanol–water partition coefficient (Wildman–Crippen LogP) is 3.54. The van der Waals surface area contributed by atoms with Gasteiger partial charge in [-0.1, -0.05) is 24.3 Å². The van der Waals surface area contributed by atoms with Crippen LogP contribution in [0.4, 0.5) is 5.69 Å². The SMILES string of the molecule is CCOc1ccccc1NC(=S)N(CC)CC(O)c1cccc(O)c1. The Morgan fingerprint density at radius 3 is 2.64 bits per heavy atom. The minimum absolute atomic E-state index is 0.131. The van der Waals surface area contributed by atoms with Crippen molar-refractivity contribution in [2.24, 2.45) is 0 Å². The Balaban J connectivity index is 2.06. The van der Waals surface area contributed by atoms with Crippen molar-refractivity contribution in [3.63, 3.8) is 0 Å². The van der Waals surface area contributed by atoms with Gasteiger partial charge in [0, 0.05) is 6.54 Å². The maximum Gasteiger partial charge on any atom is 0.173 e. The molecule has 0 bridgehead atoms. The van der Waals surface area contributed by atoms with E-state index in [1.54, 1.807) is 24.3 Å². The molecule has 0 saturated carbocycles. The summed E-state index contributed by atoms with van der Waals surface area (Å²) in [6.45, 7) is 5.43. The molecule has 0 heterocycles. The van der Waals surface area contributed by atoms with Gasteiger partial charge in [0.15, 0.2) is 5.11 Å². The normalized spacial score (nSPS) is 11.6. The highest BCUT2D eigenvalue weighted by Crippen LogP contribution is 2.25. The van der Waals surface area contributed by atoms with E-state index in [1.165, 1.54) is 0 Å². The number of phenols is 1. The standard InChI is InChI=1S/C19H24N2O3S/c1-3-21(13-17(23)14-8-7-9-15(22)12-14)19(25)20-16-10-5-6-11-18(16)24-4-2/h5-12,17,22-23H,3-4,13H2,1-2H3,(H,20,25). The number of likely N-dealkylation sites (N-methyl/N-ethyl adjacent to an activating group) is 1. The van der Waals surface area contributed by atoms with Crippen LogP contribution in [0.5, 0.6) is 11.5 Å². The number of anilines is 1. The van der Waals surface area contributed by atoms with E-state index in [4.69, 9.17) is 17.0 Å². The number of nitrogens with zero attached hydrogens (tertiary/aromatic N) is 1. The van der Waals surface area contributed by atoms with Crippen molar-refractivity contribution in [2.45, 2.75) is 20.0 Å². The van der Waals surface area contributed by atoms with Crippen LogP contribution in [-0.4, -0.2) is 39.9 Å². The summed E-state index contributed by atoms with van der Waals surface area (Å²) in [5, 5.41) is 23.7. The number of para-hydroxylation sites is 2. The molecule has 0 radical (unpaired) electrons. The molecule has 0 aromatic heterocycles. The monoisotopic (exact) mass is 360 g/mol. The fourth-order valence-corrected chi connectivity index (χ4v) is 2.76. The summed E-state index contributed by atoms with van der Waals surface area (Å²) < 4.78 is 5.60. The zero-order chi connectivity index (χ0) is 18.2. The van der Waals surface area contributed by atoms with Gasteiger partial charge in [-0.15, -0.1) is 0 Å². The third-order valence-corrected chi connectivity index (χ3v) is 4.11. The molecule has 25 heavy (non-hydrogen) atoms. The van der Waals surface area contributed by atoms with Gasteiger partial charge in [-0.05, 0) is 55.9 Å². The minimum Gasteiger partial charge on any atom is -0.508 e. The van der Waals surface area contributed by atoms with Crippen LogP contribution in [0.2, 0.25) is 0 Å². The maximum atomic E-state index is 10.4. The number of nitrogens with one attached hydrogen (secondary N) is 1. The van der Waals surface area contributed by atoms with Crippen molar-refractivity contribution in [3.8, 4) is 11.5 Å². The molecule has 1 unspecified atom stereocenters. The second-order valence-electron chi connectivity index (χ2n) is 5.51. The van der Waals surface area contributed by atoms with E-state index in [2.05, 4.69) is 5.32 Å². The number of ether oxygens (including phenoxy) is 1. The third-order valence-electron chi connectivity index (χ3n) is 3.75. The van der Waals surface area contributed by atoms with Gasteiger partial charge < -0.3 is 25.2 Å². The van der Waals surface area contributed by atoms with E-state index >= 15 is 0 Å². The Kier molecular flexibility index (Phi) is 7.03. The molecule has 2 rings (SSSR count). The van der Waals surface area contributed by atoms with Crippen molar-refractivity contribution in [1.82, 2.24) is 4.90 Å². The molecule has 2 aromatic rings. The van der Waals surface area contributed by atoms with Crippen LogP contribution in [-0.2, 0) is 0 Å². The summed E-state index contributed by atoms with van der Waals surface area (Å²) in [6, 6.07) is 14.2. The Labute approximate surface area is 153 Å². The highest BCUT2D eigenvalue weighted by molar-refractivity contribution is 7.80. The highest BCUT2D eigenvalue weighted by atomic mass is 32.1. The first-order chi connectivity index (χ1) is 12.0. The van der Waals surface area contributed by atoms with Crippen molar-refractivity contribution in [1.29, 1.82) is 0 Å². The van der Waals surface area contributed by atoms with Gasteiger partial charge in [0.25, 0.3) is 0 Å². The summed E-state index contributed by atoms with van der Waals surface area (Å²) in [5.41, 5.74) is 1.44. The van der Waals surface area contributed by atoms with E-state index < -0.39 is 6.10 Å². The van der Waals surface area contributed by atoms with Crippen LogP contribution < -0.4 is 10.1 Å². The van der Waals surface area contributed by atoms with Gasteiger partial charge in [0.1, 0.15) is 11.5 Å². The molecule has 0 spiro atoms. The van der Waals surface area contributed by atoms with Crippen molar-refractivity contribution < 1.29 is 14.9 Å². The molecule has 0 aliphatic heterocycles. The van der Waals surface area contributed by atoms with Crippen LogP contribution in [0, 0.1) is 0 Å². The molecule has 3 N–H and O–H groups in total. The van der Waals surface area contributed by atoms with E-state index in [1.807, 2.05) is 43.0 Å². The van der Waals surface area contributed by atoms with Gasteiger partial charge in [-0.25, -0.2) is 0 Å². The maximum absolute atomic E-state index is 10.4. The second kappa shape index (κ2) is 9.25. The second-order valence-corrected chi connectivity index (χ2v) is 5.90. The average molecular weight is 360 g/mol. The van der Waals surface area contributed by atoms with Crippen LogP contribution in [0.1, 0.15) is 25.5 Å². The molecule has 1 atom stereocenters. The Morgan fingerprint density at radius 1 is 1.20 bits per heavy atom. The number of rotatable bonds is 7. The van der Waals surface area contributed by atoms with Crippen molar-refractivity contribution in [2.75, 3.05) is 25.0 Å². The molecule has 0 saturated heterocycles. The summed E-state index contributed by atoms with van der Waals surface area (Å²) in [7, 11) is 0. The molecular formula is C19H24N2O3S. The Bertz CT molecular complexity index is 709. The largest absolute Gasteiger partial charge is 0.508 e. The van der Waals surface area contributed by atoms with Crippen LogP contribution >= 0.6 is 12.2 Å². The first-order valence-electron chi connectivity index (χ1n) is 8.29. The van der Waals surface area contributed by atoms with Gasteiger partial charge in [-0.2, -0.15) is 0 Å². The predicted molar refractivity (Wildman–Crippen MR) is 104 cm³/mol. The van der Waals surface area contributed by atoms with Crippen LogP contribution in [0.15, 0.2) is 48.5 Å². The third kappa shape index (κ3) is 5.34. The Hall–Kier alpha value is -2.31. The smallest absolute Gasteiger partial charge is 0.173 e. The zero-order valence-electron chi connectivity index (χ0n) is 14.5. The number of aromatic hydroxyl groups is 1. The van der Waals surface area contributed by atoms with E-state index in [-0.39, 0.29) is 5.75 Å². The average Bonchev–Trinajstić information content (AvgIpc) is 2.61. The fraction of sp³-hybridized carbons (Fsp3) is 0.316. The first kappa shape index (κ1) is 19.0. The van der Waals surface area contributed by atoms with E-state index in [0.717, 1.165) is 11.4 Å². The van der Waals surface area contributed by atoms with Crippen LogP contribution in [0.3, 0.4) is 0 Å². The number of hydrogen-bond donors (Lipinski definition) is 3. The van der Waals surface area contributed by atoms with Gasteiger partial charge in [-0.3, -0.25) is 0 Å². The van der Waals surface area contributed by atoms with Gasteiger partial charge >= 0.3 is 0 Å². The lowest BCUT2D eigenvalue weighted by molar-refractivity contribution is 0.146. The van der Waals surface area contributed by atoms with E-state index in [0.29, 0.717) is 30.4 Å². The first-order valence-corrected chi connectivity index (χ1v) is 8.70.